The molecule has 0 unspecified atom stereocenters. The minimum Gasteiger partial charge on any atom is -0.458 e. The number of rotatable bonds is 0. The van der Waals surface area contributed by atoms with Crippen molar-refractivity contribution in [1.29, 1.82) is 0 Å². The Kier molecular flexibility index (Phi) is 1.60. The molecule has 6 nitrogen and oxygen atoms in total. The van der Waals surface area contributed by atoms with E-state index in [1.165, 1.54) is 0 Å². The van der Waals surface area contributed by atoms with Gasteiger partial charge in [-0.3, -0.25) is 4.79 Å². The van der Waals surface area contributed by atoms with E-state index in [-0.39, 0.29) is 47.5 Å². The lowest BCUT2D eigenvalue weighted by atomic mass is 9.48. The largest absolute Gasteiger partial charge is 0.458 e. The number of ketones is 1. The summed E-state index contributed by atoms with van der Waals surface area (Å²) in [6.07, 6.45) is 1.83. The second-order valence-electron chi connectivity index (χ2n) is 8.29. The van der Waals surface area contributed by atoms with Gasteiger partial charge in [0.1, 0.15) is 30.5 Å². The normalized spacial score (nSPS) is 63.1. The molecule has 2 saturated carbocycles. The topological polar surface area (TPSA) is 81.0 Å². The van der Waals surface area contributed by atoms with E-state index in [4.69, 9.17) is 18.9 Å². The molecule has 7 rings (SSSR count). The monoisotopic (exact) mass is 316 g/mol. The predicted molar refractivity (Wildman–Crippen MR) is 72.3 cm³/mol. The smallest absolute Gasteiger partial charge is 0.334 e. The van der Waals surface area contributed by atoms with Gasteiger partial charge in [0.2, 0.25) is 5.78 Å². The van der Waals surface area contributed by atoms with Gasteiger partial charge in [-0.1, -0.05) is 6.92 Å². The van der Waals surface area contributed by atoms with Crippen molar-refractivity contribution in [1.82, 2.24) is 0 Å². The van der Waals surface area contributed by atoms with Crippen LogP contribution in [0.3, 0.4) is 0 Å². The number of carbonyl (C=O) groups excluding carboxylic acids is 2. The summed E-state index contributed by atoms with van der Waals surface area (Å²) in [6, 6.07) is 0. The Labute approximate surface area is 132 Å². The Morgan fingerprint density at radius 1 is 1.22 bits per heavy atom. The Balaban J connectivity index is 1.44. The summed E-state index contributed by atoms with van der Waals surface area (Å²) in [6.45, 7) is 2.62. The molecule has 4 heterocycles. The van der Waals surface area contributed by atoms with Crippen LogP contribution < -0.4 is 0 Å². The maximum absolute atomic E-state index is 12.9. The van der Waals surface area contributed by atoms with Gasteiger partial charge in [0.25, 0.3) is 0 Å². The predicted octanol–water partition coefficient (Wildman–Crippen LogP) is 0.285. The lowest BCUT2D eigenvalue weighted by Crippen LogP contribution is -2.64. The Morgan fingerprint density at radius 3 is 2.96 bits per heavy atom. The van der Waals surface area contributed by atoms with Crippen LogP contribution in [0.25, 0.3) is 0 Å². The number of carbonyl (C=O) groups is 2. The van der Waals surface area contributed by atoms with Gasteiger partial charge in [0.05, 0.1) is 6.10 Å². The van der Waals surface area contributed by atoms with Crippen molar-refractivity contribution in [3.8, 4) is 0 Å². The molecule has 7 aliphatic rings. The van der Waals surface area contributed by atoms with Gasteiger partial charge in [-0.25, -0.2) is 4.79 Å². The number of cyclic esters (lactones) is 1. The summed E-state index contributed by atoms with van der Waals surface area (Å²) in [4.78, 5) is 24.8. The third-order valence-corrected chi connectivity index (χ3v) is 7.76. The van der Waals surface area contributed by atoms with Gasteiger partial charge >= 0.3 is 5.97 Å². The number of hydrogen-bond acceptors (Lipinski definition) is 6. The second kappa shape index (κ2) is 3.03. The highest BCUT2D eigenvalue weighted by molar-refractivity contribution is 6.01. The zero-order chi connectivity index (χ0) is 15.4. The van der Waals surface area contributed by atoms with E-state index in [9.17, 15) is 9.59 Å². The number of esters is 1. The van der Waals surface area contributed by atoms with E-state index in [0.29, 0.717) is 13.0 Å². The average Bonchev–Trinajstić information content (AvgIpc) is 3.38. The molecule has 0 bridgehead atoms. The van der Waals surface area contributed by atoms with Gasteiger partial charge in [-0.05, 0) is 30.8 Å². The van der Waals surface area contributed by atoms with E-state index in [1.807, 2.05) is 0 Å². The van der Waals surface area contributed by atoms with Crippen molar-refractivity contribution in [3.63, 3.8) is 0 Å². The highest BCUT2D eigenvalue weighted by Crippen LogP contribution is 2.79. The quantitative estimate of drug-likeness (QED) is 0.472. The van der Waals surface area contributed by atoms with Crippen molar-refractivity contribution in [2.75, 3.05) is 6.61 Å². The summed E-state index contributed by atoms with van der Waals surface area (Å²) < 4.78 is 23.2. The Morgan fingerprint density at radius 2 is 2.09 bits per heavy atom. The van der Waals surface area contributed by atoms with Gasteiger partial charge in [-0.15, -0.1) is 0 Å². The highest BCUT2D eigenvalue weighted by Gasteiger charge is 2.97. The van der Waals surface area contributed by atoms with Crippen molar-refractivity contribution >= 4 is 11.8 Å². The number of hydrogen-bond donors (Lipinski definition) is 0. The molecule has 6 heteroatoms. The molecule has 0 N–H and O–H groups in total. The van der Waals surface area contributed by atoms with Crippen molar-refractivity contribution in [2.45, 2.75) is 61.8 Å². The summed E-state index contributed by atoms with van der Waals surface area (Å²) in [5.41, 5.74) is 0.471. The van der Waals surface area contributed by atoms with E-state index >= 15 is 0 Å². The highest BCUT2D eigenvalue weighted by atomic mass is 16.7. The zero-order valence-electron chi connectivity index (χ0n) is 12.7. The number of epoxide rings is 3. The third kappa shape index (κ3) is 0.949. The molecule has 2 spiro atoms. The number of Topliss-reactive ketones (excluding diaryl/α,β-unsaturated/α-hetero) is 1. The molecule has 3 saturated heterocycles. The molecule has 0 radical (unpaired) electrons. The summed E-state index contributed by atoms with van der Waals surface area (Å²) in [5.74, 6) is 0.137. The zero-order valence-corrected chi connectivity index (χ0v) is 12.7. The maximum Gasteiger partial charge on any atom is 0.334 e. The van der Waals surface area contributed by atoms with Crippen LogP contribution >= 0.6 is 0 Å². The first-order valence-corrected chi connectivity index (χ1v) is 8.49. The minimum atomic E-state index is -0.776. The number of ether oxygens (including phenoxy) is 4. The Hall–Kier alpha value is -1.24. The molecule has 0 aromatic heterocycles. The first-order valence-electron chi connectivity index (χ1n) is 8.49. The van der Waals surface area contributed by atoms with E-state index in [1.54, 1.807) is 0 Å². The van der Waals surface area contributed by atoms with Crippen molar-refractivity contribution in [3.05, 3.63) is 11.1 Å². The summed E-state index contributed by atoms with van der Waals surface area (Å²) >= 11 is 0. The van der Waals surface area contributed by atoms with Gasteiger partial charge in [0, 0.05) is 11.0 Å². The molecular formula is C17H16O6. The molecule has 23 heavy (non-hydrogen) atoms. The van der Waals surface area contributed by atoms with E-state index < -0.39 is 11.2 Å². The lowest BCUT2D eigenvalue weighted by molar-refractivity contribution is -0.136. The molecular weight excluding hydrogens is 300 g/mol. The maximum atomic E-state index is 12.9. The molecule has 120 valence electrons. The lowest BCUT2D eigenvalue weighted by Gasteiger charge is -2.50. The number of fused-ring (bicyclic) bond motifs is 4. The van der Waals surface area contributed by atoms with Gasteiger partial charge in [-0.2, -0.15) is 0 Å². The fourth-order valence-electron chi connectivity index (χ4n) is 6.58. The van der Waals surface area contributed by atoms with Crippen LogP contribution in [0.15, 0.2) is 11.1 Å². The molecule has 3 aliphatic carbocycles. The second-order valence-corrected chi connectivity index (χ2v) is 8.29. The van der Waals surface area contributed by atoms with Crippen LogP contribution in [0, 0.1) is 11.3 Å². The third-order valence-electron chi connectivity index (χ3n) is 7.76. The van der Waals surface area contributed by atoms with Crippen molar-refractivity contribution in [2.24, 2.45) is 11.3 Å². The van der Waals surface area contributed by atoms with Crippen LogP contribution in [-0.2, 0) is 28.5 Å². The fraction of sp³-hybridized carbons (Fsp3) is 0.765. The van der Waals surface area contributed by atoms with E-state index in [0.717, 1.165) is 24.0 Å². The first kappa shape index (κ1) is 12.2. The average molecular weight is 316 g/mol. The van der Waals surface area contributed by atoms with Crippen molar-refractivity contribution < 1.29 is 28.5 Å². The van der Waals surface area contributed by atoms with Crippen LogP contribution in [0.5, 0.6) is 0 Å². The molecule has 4 aliphatic heterocycles. The van der Waals surface area contributed by atoms with Crippen LogP contribution in [-0.4, -0.2) is 54.0 Å². The SMILES string of the molecule is C[C@]12CCC3=C(COC3=O)[C@@H]1C[C@@H]1O[C@@]13C(=O)[C@H]1O[C@H]1[C@@H]1O[C@]123. The first-order chi connectivity index (χ1) is 11.0. The standard InChI is InChI=1S/C17H16O6/c1-15-3-2-6-7(5-20-14(6)19)8(15)4-9-16(22-9)12(18)10-11(21-10)13-17(15,16)23-13/h8-11,13H,2-5H2,1H3/t8-,9-,10-,11+,13-,15-,16+,17+/m0/s1. The van der Waals surface area contributed by atoms with E-state index in [2.05, 4.69) is 6.92 Å². The molecule has 0 aromatic rings. The van der Waals surface area contributed by atoms with Gasteiger partial charge < -0.3 is 18.9 Å². The minimum absolute atomic E-state index is 0.0248. The van der Waals surface area contributed by atoms with Crippen LogP contribution in [0.4, 0.5) is 0 Å². The summed E-state index contributed by atoms with van der Waals surface area (Å²) in [5, 5.41) is 0. The fourth-order valence-corrected chi connectivity index (χ4v) is 6.58. The Bertz CT molecular complexity index is 771. The van der Waals surface area contributed by atoms with Gasteiger partial charge in [0.15, 0.2) is 5.60 Å². The molecule has 0 amide bonds. The molecule has 8 atom stereocenters. The van der Waals surface area contributed by atoms with Crippen LogP contribution in [0.1, 0.15) is 26.2 Å². The molecule has 5 fully saturated rings. The van der Waals surface area contributed by atoms with Crippen LogP contribution in [0.2, 0.25) is 0 Å². The molecule has 0 aromatic carbocycles. The summed E-state index contributed by atoms with van der Waals surface area (Å²) in [7, 11) is 0.